The molecule has 0 amide bonds. The van der Waals surface area contributed by atoms with Crippen LogP contribution in [0.3, 0.4) is 0 Å². The monoisotopic (exact) mass is 168 g/mol. The SMILES string of the molecule is C[C@H](N)Cn1ccc(C(=O)O)c1. The molecule has 0 fully saturated rings. The topological polar surface area (TPSA) is 68.2 Å². The molecule has 1 heterocycles. The first kappa shape index (κ1) is 8.80. The number of carboxylic acids is 1. The minimum absolute atomic E-state index is 0.0408. The zero-order valence-electron chi connectivity index (χ0n) is 6.90. The summed E-state index contributed by atoms with van der Waals surface area (Å²) in [6.07, 6.45) is 3.29. The summed E-state index contributed by atoms with van der Waals surface area (Å²) in [5, 5.41) is 8.59. The van der Waals surface area contributed by atoms with Gasteiger partial charge in [-0.3, -0.25) is 0 Å². The number of rotatable bonds is 3. The Balaban J connectivity index is 2.71. The molecule has 3 N–H and O–H groups in total. The average molecular weight is 168 g/mol. The Morgan fingerprint density at radius 2 is 2.50 bits per heavy atom. The first-order valence-corrected chi connectivity index (χ1v) is 3.74. The number of aromatic carboxylic acids is 1. The second kappa shape index (κ2) is 3.40. The molecule has 0 bridgehead atoms. The van der Waals surface area contributed by atoms with Gasteiger partial charge in [0, 0.05) is 25.0 Å². The van der Waals surface area contributed by atoms with E-state index < -0.39 is 5.97 Å². The minimum atomic E-state index is -0.904. The van der Waals surface area contributed by atoms with E-state index in [9.17, 15) is 4.79 Å². The van der Waals surface area contributed by atoms with Crippen LogP contribution >= 0.6 is 0 Å². The van der Waals surface area contributed by atoms with Crippen molar-refractivity contribution < 1.29 is 9.90 Å². The summed E-state index contributed by atoms with van der Waals surface area (Å²) in [4.78, 5) is 10.5. The molecule has 4 nitrogen and oxygen atoms in total. The number of nitrogens with zero attached hydrogens (tertiary/aromatic N) is 1. The molecular formula is C8H12N2O2. The number of carbonyl (C=O) groups is 1. The molecule has 1 rings (SSSR count). The van der Waals surface area contributed by atoms with Gasteiger partial charge < -0.3 is 15.4 Å². The summed E-state index contributed by atoms with van der Waals surface area (Å²) in [5.74, 6) is -0.904. The van der Waals surface area contributed by atoms with E-state index in [0.717, 1.165) is 0 Å². The van der Waals surface area contributed by atoms with Crippen LogP contribution in [-0.2, 0) is 6.54 Å². The van der Waals surface area contributed by atoms with Crippen LogP contribution in [0.1, 0.15) is 17.3 Å². The van der Waals surface area contributed by atoms with Gasteiger partial charge in [0.05, 0.1) is 5.56 Å². The third kappa shape index (κ3) is 2.10. The van der Waals surface area contributed by atoms with E-state index >= 15 is 0 Å². The Labute approximate surface area is 70.6 Å². The number of hydrogen-bond acceptors (Lipinski definition) is 2. The molecule has 0 aliphatic carbocycles. The summed E-state index contributed by atoms with van der Waals surface area (Å²) >= 11 is 0. The molecule has 0 saturated carbocycles. The van der Waals surface area contributed by atoms with Crippen LogP contribution in [0.4, 0.5) is 0 Å². The van der Waals surface area contributed by atoms with Crippen LogP contribution in [0.25, 0.3) is 0 Å². The summed E-state index contributed by atoms with van der Waals surface area (Å²) < 4.78 is 1.77. The van der Waals surface area contributed by atoms with Crippen molar-refractivity contribution in [3.05, 3.63) is 24.0 Å². The fourth-order valence-electron chi connectivity index (χ4n) is 1.01. The van der Waals surface area contributed by atoms with Crippen LogP contribution in [-0.4, -0.2) is 21.7 Å². The highest BCUT2D eigenvalue weighted by Gasteiger charge is 2.04. The molecule has 1 atom stereocenters. The molecule has 0 radical (unpaired) electrons. The number of nitrogens with two attached hydrogens (primary N) is 1. The van der Waals surface area contributed by atoms with E-state index in [1.54, 1.807) is 23.0 Å². The number of aromatic nitrogens is 1. The van der Waals surface area contributed by atoms with Crippen molar-refractivity contribution in [2.45, 2.75) is 19.5 Å². The maximum Gasteiger partial charge on any atom is 0.337 e. The predicted molar refractivity (Wildman–Crippen MR) is 45.0 cm³/mol. The maximum atomic E-state index is 10.5. The quantitative estimate of drug-likeness (QED) is 0.691. The standard InChI is InChI=1S/C8H12N2O2/c1-6(9)4-10-3-2-7(5-10)8(11)12/h2-3,5-6H,4,9H2,1H3,(H,11,12)/t6-/m0/s1. The molecule has 66 valence electrons. The van der Waals surface area contributed by atoms with Crippen LogP contribution in [0.15, 0.2) is 18.5 Å². The van der Waals surface area contributed by atoms with E-state index in [2.05, 4.69) is 0 Å². The van der Waals surface area contributed by atoms with E-state index in [-0.39, 0.29) is 6.04 Å². The Morgan fingerprint density at radius 1 is 1.83 bits per heavy atom. The van der Waals surface area contributed by atoms with Crippen molar-refractivity contribution in [3.63, 3.8) is 0 Å². The molecule has 0 saturated heterocycles. The number of hydrogen-bond donors (Lipinski definition) is 2. The minimum Gasteiger partial charge on any atom is -0.478 e. The zero-order valence-corrected chi connectivity index (χ0v) is 6.90. The van der Waals surface area contributed by atoms with Crippen LogP contribution in [0, 0.1) is 0 Å². The Morgan fingerprint density at radius 3 is 2.92 bits per heavy atom. The molecule has 1 aromatic rings. The second-order valence-electron chi connectivity index (χ2n) is 2.88. The number of carboxylic acid groups (broad SMARTS) is 1. The lowest BCUT2D eigenvalue weighted by Gasteiger charge is -2.04. The molecule has 1 aromatic heterocycles. The lowest BCUT2D eigenvalue weighted by Crippen LogP contribution is -2.21. The Bertz CT molecular complexity index is 278. The van der Waals surface area contributed by atoms with Gasteiger partial charge in [-0.25, -0.2) is 4.79 Å². The molecule has 0 aliphatic rings. The average Bonchev–Trinajstić information content (AvgIpc) is 2.34. The first-order valence-electron chi connectivity index (χ1n) is 3.74. The lowest BCUT2D eigenvalue weighted by atomic mass is 10.3. The molecule has 0 unspecified atom stereocenters. The molecule has 0 aromatic carbocycles. The van der Waals surface area contributed by atoms with Gasteiger partial charge in [0.15, 0.2) is 0 Å². The molecule has 0 spiro atoms. The summed E-state index contributed by atoms with van der Waals surface area (Å²) in [6, 6.07) is 1.60. The van der Waals surface area contributed by atoms with Gasteiger partial charge in [0.25, 0.3) is 0 Å². The maximum absolute atomic E-state index is 10.5. The summed E-state index contributed by atoms with van der Waals surface area (Å²) in [6.45, 7) is 2.52. The Hall–Kier alpha value is -1.29. The third-order valence-electron chi connectivity index (χ3n) is 1.50. The van der Waals surface area contributed by atoms with Crippen molar-refractivity contribution in [1.82, 2.24) is 4.57 Å². The van der Waals surface area contributed by atoms with Gasteiger partial charge >= 0.3 is 5.97 Å². The van der Waals surface area contributed by atoms with Gasteiger partial charge in [-0.1, -0.05) is 0 Å². The van der Waals surface area contributed by atoms with E-state index in [0.29, 0.717) is 12.1 Å². The highest BCUT2D eigenvalue weighted by molar-refractivity contribution is 5.87. The normalized spacial score (nSPS) is 12.8. The first-order chi connectivity index (χ1) is 5.59. The van der Waals surface area contributed by atoms with Crippen LogP contribution < -0.4 is 5.73 Å². The van der Waals surface area contributed by atoms with Gasteiger partial charge in [-0.2, -0.15) is 0 Å². The van der Waals surface area contributed by atoms with Crippen LogP contribution in [0.5, 0.6) is 0 Å². The van der Waals surface area contributed by atoms with Crippen molar-refractivity contribution in [3.8, 4) is 0 Å². The van der Waals surface area contributed by atoms with E-state index in [1.165, 1.54) is 0 Å². The third-order valence-corrected chi connectivity index (χ3v) is 1.50. The summed E-state index contributed by atoms with van der Waals surface area (Å²) in [5.41, 5.74) is 5.84. The van der Waals surface area contributed by atoms with Crippen molar-refractivity contribution >= 4 is 5.97 Å². The van der Waals surface area contributed by atoms with Gasteiger partial charge in [-0.05, 0) is 13.0 Å². The molecule has 0 aliphatic heterocycles. The lowest BCUT2D eigenvalue weighted by molar-refractivity contribution is 0.0697. The van der Waals surface area contributed by atoms with Crippen molar-refractivity contribution in [1.29, 1.82) is 0 Å². The van der Waals surface area contributed by atoms with E-state index in [1.807, 2.05) is 6.92 Å². The molecule has 12 heavy (non-hydrogen) atoms. The fraction of sp³-hybridized carbons (Fsp3) is 0.375. The van der Waals surface area contributed by atoms with Gasteiger partial charge in [0.2, 0.25) is 0 Å². The van der Waals surface area contributed by atoms with Crippen molar-refractivity contribution in [2.75, 3.05) is 0 Å². The Kier molecular flexibility index (Phi) is 2.50. The largest absolute Gasteiger partial charge is 0.478 e. The summed E-state index contributed by atoms with van der Waals surface area (Å²) in [7, 11) is 0. The predicted octanol–water partition coefficient (Wildman–Crippen LogP) is 0.533. The fourth-order valence-corrected chi connectivity index (χ4v) is 1.01. The van der Waals surface area contributed by atoms with Gasteiger partial charge in [-0.15, -0.1) is 0 Å². The highest BCUT2D eigenvalue weighted by atomic mass is 16.4. The zero-order chi connectivity index (χ0) is 9.14. The van der Waals surface area contributed by atoms with Crippen molar-refractivity contribution in [2.24, 2.45) is 5.73 Å². The highest BCUT2D eigenvalue weighted by Crippen LogP contribution is 2.01. The smallest absolute Gasteiger partial charge is 0.337 e. The van der Waals surface area contributed by atoms with Crippen LogP contribution in [0.2, 0.25) is 0 Å². The molecule has 4 heteroatoms. The van der Waals surface area contributed by atoms with Gasteiger partial charge in [0.1, 0.15) is 0 Å². The molecular weight excluding hydrogens is 156 g/mol. The second-order valence-corrected chi connectivity index (χ2v) is 2.88. The van der Waals surface area contributed by atoms with E-state index in [4.69, 9.17) is 10.8 Å².